The summed E-state index contributed by atoms with van der Waals surface area (Å²) in [5, 5.41) is 2.80. The Hall–Kier alpha value is -0.730. The van der Waals surface area contributed by atoms with E-state index in [9.17, 15) is 4.79 Å². The quantitative estimate of drug-likeness (QED) is 0.742. The van der Waals surface area contributed by atoms with Crippen molar-refractivity contribution in [3.8, 4) is 0 Å². The van der Waals surface area contributed by atoms with Gasteiger partial charge in [0.2, 0.25) is 0 Å². The Labute approximate surface area is 86.2 Å². The van der Waals surface area contributed by atoms with Gasteiger partial charge < -0.3 is 10.1 Å². The lowest BCUT2D eigenvalue weighted by Crippen LogP contribution is -2.38. The number of carbonyl (C=O) groups is 1. The maximum Gasteiger partial charge on any atom is 0.407 e. The van der Waals surface area contributed by atoms with E-state index in [2.05, 4.69) is 12.2 Å². The van der Waals surface area contributed by atoms with Gasteiger partial charge in [-0.1, -0.05) is 6.92 Å². The first-order valence-corrected chi connectivity index (χ1v) is 5.33. The molecule has 0 aliphatic heterocycles. The lowest BCUT2D eigenvalue weighted by Gasteiger charge is -2.32. The van der Waals surface area contributed by atoms with Crippen LogP contribution in [0.1, 0.15) is 40.5 Å². The smallest absolute Gasteiger partial charge is 0.407 e. The predicted octanol–water partition coefficient (Wildman–Crippen LogP) is 2.56. The van der Waals surface area contributed by atoms with Gasteiger partial charge in [0.1, 0.15) is 5.60 Å². The summed E-state index contributed by atoms with van der Waals surface area (Å²) in [5.74, 6) is 1.50. The summed E-state index contributed by atoms with van der Waals surface area (Å²) in [4.78, 5) is 11.3. The second-order valence-corrected chi connectivity index (χ2v) is 5.33. The number of hydrogen-bond acceptors (Lipinski definition) is 2. The van der Waals surface area contributed by atoms with Crippen molar-refractivity contribution in [2.75, 3.05) is 6.54 Å². The van der Waals surface area contributed by atoms with Crippen LogP contribution in [0.15, 0.2) is 0 Å². The molecule has 1 rings (SSSR count). The van der Waals surface area contributed by atoms with Crippen molar-refractivity contribution in [2.24, 2.45) is 11.8 Å². The van der Waals surface area contributed by atoms with Crippen molar-refractivity contribution in [3.63, 3.8) is 0 Å². The zero-order valence-electron chi connectivity index (χ0n) is 9.59. The lowest BCUT2D eigenvalue weighted by atomic mass is 9.76. The Balaban J connectivity index is 2.10. The molecule has 3 heteroatoms. The van der Waals surface area contributed by atoms with Crippen molar-refractivity contribution >= 4 is 6.09 Å². The van der Waals surface area contributed by atoms with Gasteiger partial charge in [0.25, 0.3) is 0 Å². The van der Waals surface area contributed by atoms with Crippen molar-refractivity contribution in [1.82, 2.24) is 5.32 Å². The fourth-order valence-electron chi connectivity index (χ4n) is 1.78. The molecule has 0 aromatic carbocycles. The predicted molar refractivity (Wildman–Crippen MR) is 56.1 cm³/mol. The molecule has 0 bridgehead atoms. The lowest BCUT2D eigenvalue weighted by molar-refractivity contribution is 0.0500. The largest absolute Gasteiger partial charge is 0.444 e. The van der Waals surface area contributed by atoms with Gasteiger partial charge in [-0.25, -0.2) is 4.79 Å². The zero-order chi connectivity index (χ0) is 10.8. The Morgan fingerprint density at radius 2 is 2.00 bits per heavy atom. The summed E-state index contributed by atoms with van der Waals surface area (Å²) in [7, 11) is 0. The van der Waals surface area contributed by atoms with Gasteiger partial charge in [0, 0.05) is 6.54 Å². The number of rotatable bonds is 2. The molecular formula is C11H21NO2. The third kappa shape index (κ3) is 3.99. The average molecular weight is 199 g/mol. The molecule has 0 spiro atoms. The highest BCUT2D eigenvalue weighted by molar-refractivity contribution is 5.67. The summed E-state index contributed by atoms with van der Waals surface area (Å²) in [6, 6.07) is 0. The van der Waals surface area contributed by atoms with E-state index in [1.54, 1.807) is 0 Å². The fraction of sp³-hybridized carbons (Fsp3) is 0.909. The first-order valence-electron chi connectivity index (χ1n) is 5.33. The highest BCUT2D eigenvalue weighted by Crippen LogP contribution is 2.32. The second-order valence-electron chi connectivity index (χ2n) is 5.33. The third-order valence-corrected chi connectivity index (χ3v) is 2.41. The molecule has 0 saturated heterocycles. The summed E-state index contributed by atoms with van der Waals surface area (Å²) < 4.78 is 5.13. The van der Waals surface area contributed by atoms with Crippen LogP contribution >= 0.6 is 0 Å². The second kappa shape index (κ2) is 4.20. The van der Waals surface area contributed by atoms with E-state index >= 15 is 0 Å². The molecule has 1 aliphatic carbocycles. The maximum atomic E-state index is 11.3. The van der Waals surface area contributed by atoms with Crippen molar-refractivity contribution in [1.29, 1.82) is 0 Å². The average Bonchev–Trinajstić information content (AvgIpc) is 1.92. The Bertz CT molecular complexity index is 202. The topological polar surface area (TPSA) is 38.3 Å². The number of amides is 1. The number of nitrogens with one attached hydrogen (secondary N) is 1. The molecule has 3 nitrogen and oxygen atoms in total. The Kier molecular flexibility index (Phi) is 3.40. The third-order valence-electron chi connectivity index (χ3n) is 2.41. The van der Waals surface area contributed by atoms with Crippen molar-refractivity contribution < 1.29 is 9.53 Å². The van der Waals surface area contributed by atoms with Crippen LogP contribution < -0.4 is 5.32 Å². The minimum atomic E-state index is -0.392. The summed E-state index contributed by atoms with van der Waals surface area (Å²) in [6.07, 6.45) is 2.17. The molecule has 1 aliphatic rings. The van der Waals surface area contributed by atoms with E-state index < -0.39 is 5.60 Å². The number of ether oxygens (including phenoxy) is 1. The first-order chi connectivity index (χ1) is 6.37. The molecule has 14 heavy (non-hydrogen) atoms. The molecule has 0 aromatic rings. The van der Waals surface area contributed by atoms with Gasteiger partial charge in [0.15, 0.2) is 0 Å². The molecular weight excluding hydrogens is 178 g/mol. The fourth-order valence-corrected chi connectivity index (χ4v) is 1.78. The molecule has 0 aromatic heterocycles. The van der Waals surface area contributed by atoms with Gasteiger partial charge in [-0.2, -0.15) is 0 Å². The zero-order valence-corrected chi connectivity index (χ0v) is 9.59. The van der Waals surface area contributed by atoms with E-state index in [0.717, 1.165) is 12.5 Å². The minimum Gasteiger partial charge on any atom is -0.444 e. The molecule has 1 saturated carbocycles. The van der Waals surface area contributed by atoms with Crippen LogP contribution in [0.3, 0.4) is 0 Å². The minimum absolute atomic E-state index is 0.294. The van der Waals surface area contributed by atoms with E-state index in [0.29, 0.717) is 5.92 Å². The molecule has 0 radical (unpaired) electrons. The van der Waals surface area contributed by atoms with Crippen LogP contribution in [-0.2, 0) is 4.74 Å². The van der Waals surface area contributed by atoms with Crippen LogP contribution in [0.25, 0.3) is 0 Å². The number of alkyl carbamates (subject to hydrolysis) is 1. The van der Waals surface area contributed by atoms with Gasteiger partial charge in [-0.3, -0.25) is 0 Å². The monoisotopic (exact) mass is 199 g/mol. The molecule has 1 amide bonds. The van der Waals surface area contributed by atoms with Crippen LogP contribution in [0.5, 0.6) is 0 Å². The van der Waals surface area contributed by atoms with Crippen molar-refractivity contribution in [3.05, 3.63) is 0 Å². The molecule has 1 fully saturated rings. The van der Waals surface area contributed by atoms with Gasteiger partial charge >= 0.3 is 6.09 Å². The SMILES string of the molecule is CC(C)(C)OC(=O)NC[C@H]1C[C@@H](C)C1. The summed E-state index contributed by atoms with van der Waals surface area (Å²) >= 11 is 0. The van der Waals surface area contributed by atoms with Crippen LogP contribution in [-0.4, -0.2) is 18.2 Å². The van der Waals surface area contributed by atoms with Gasteiger partial charge in [-0.15, -0.1) is 0 Å². The molecule has 0 heterocycles. The van der Waals surface area contributed by atoms with Gasteiger partial charge in [-0.05, 0) is 45.4 Å². The van der Waals surface area contributed by atoms with Crippen molar-refractivity contribution in [2.45, 2.75) is 46.1 Å². The number of hydrogen-bond donors (Lipinski definition) is 1. The van der Waals surface area contributed by atoms with E-state index in [-0.39, 0.29) is 6.09 Å². The summed E-state index contributed by atoms with van der Waals surface area (Å²) in [5.41, 5.74) is -0.392. The molecule has 82 valence electrons. The van der Waals surface area contributed by atoms with Crippen LogP contribution in [0.2, 0.25) is 0 Å². The Morgan fingerprint density at radius 1 is 1.43 bits per heavy atom. The van der Waals surface area contributed by atoms with E-state index in [1.165, 1.54) is 12.8 Å². The number of carbonyl (C=O) groups excluding carboxylic acids is 1. The maximum absolute atomic E-state index is 11.3. The van der Waals surface area contributed by atoms with Crippen LogP contribution in [0, 0.1) is 11.8 Å². The molecule has 1 N–H and O–H groups in total. The highest BCUT2D eigenvalue weighted by Gasteiger charge is 2.26. The summed E-state index contributed by atoms with van der Waals surface area (Å²) in [6.45, 7) is 8.62. The molecule has 0 atom stereocenters. The molecule has 0 unspecified atom stereocenters. The van der Waals surface area contributed by atoms with E-state index in [1.807, 2.05) is 20.8 Å². The first kappa shape index (κ1) is 11.3. The van der Waals surface area contributed by atoms with Gasteiger partial charge in [0.05, 0.1) is 0 Å². The highest BCUT2D eigenvalue weighted by atomic mass is 16.6. The standard InChI is InChI=1S/C11H21NO2/c1-8-5-9(6-8)7-12-10(13)14-11(2,3)4/h8-9H,5-7H2,1-4H3,(H,12,13)/t8-,9+. The normalized spacial score (nSPS) is 26.6. The van der Waals surface area contributed by atoms with Crippen LogP contribution in [0.4, 0.5) is 4.79 Å². The van der Waals surface area contributed by atoms with E-state index in [4.69, 9.17) is 4.74 Å². The Morgan fingerprint density at radius 3 is 2.43 bits per heavy atom.